The number of fused-ring (bicyclic) bond motifs is 1. The van der Waals surface area contributed by atoms with Crippen LogP contribution in [0.2, 0.25) is 0 Å². The summed E-state index contributed by atoms with van der Waals surface area (Å²) in [5, 5.41) is 12.2. The molecule has 2 aliphatic heterocycles. The second-order valence-electron chi connectivity index (χ2n) is 8.72. The first-order valence-electron chi connectivity index (χ1n) is 10.9. The summed E-state index contributed by atoms with van der Waals surface area (Å²) >= 11 is 0. The van der Waals surface area contributed by atoms with Gasteiger partial charge in [-0.2, -0.15) is 18.4 Å². The number of piperazine rings is 1. The monoisotopic (exact) mass is 461 g/mol. The first kappa shape index (κ1) is 23.2. The maximum atomic E-state index is 13.8. The smallest absolute Gasteiger partial charge is 0.367 e. The summed E-state index contributed by atoms with van der Waals surface area (Å²) in [6.07, 6.45) is -1.67. The number of nitrogens with zero attached hydrogens (tertiary/aromatic N) is 6. The van der Waals surface area contributed by atoms with E-state index in [0.29, 0.717) is 22.3 Å². The van der Waals surface area contributed by atoms with Gasteiger partial charge in [0, 0.05) is 57.7 Å². The number of anilines is 1. The fourth-order valence-corrected chi connectivity index (χ4v) is 4.51. The molecule has 2 saturated heterocycles. The molecule has 0 radical (unpaired) electrons. The molecule has 1 aromatic carbocycles. The van der Waals surface area contributed by atoms with Gasteiger partial charge in [-0.1, -0.05) is 0 Å². The number of benzene rings is 1. The second-order valence-corrected chi connectivity index (χ2v) is 8.72. The fraction of sp³-hybridized carbons (Fsp3) is 0.545. The minimum Gasteiger partial charge on any atom is -0.367 e. The molecule has 2 aliphatic rings. The van der Waals surface area contributed by atoms with Crippen LogP contribution in [0.25, 0.3) is 11.0 Å². The lowest BCUT2D eigenvalue weighted by Gasteiger charge is -2.40. The van der Waals surface area contributed by atoms with Crippen molar-refractivity contribution in [2.75, 3.05) is 57.8 Å². The van der Waals surface area contributed by atoms with E-state index < -0.39 is 18.1 Å². The molecule has 0 spiro atoms. The van der Waals surface area contributed by atoms with E-state index in [-0.39, 0.29) is 32.0 Å². The van der Waals surface area contributed by atoms with Crippen molar-refractivity contribution in [1.82, 2.24) is 25.1 Å². The highest BCUT2D eigenvalue weighted by molar-refractivity contribution is 5.92. The highest BCUT2D eigenvalue weighted by Gasteiger charge is 2.45. The number of nitrogens with one attached hydrogen (secondary N) is 1. The van der Waals surface area contributed by atoms with E-state index in [9.17, 15) is 23.2 Å². The van der Waals surface area contributed by atoms with Crippen molar-refractivity contribution in [1.29, 1.82) is 5.26 Å². The molecule has 2 atom stereocenters. The van der Waals surface area contributed by atoms with Crippen molar-refractivity contribution in [3.05, 3.63) is 30.1 Å². The maximum Gasteiger partial charge on any atom is 0.393 e. The van der Waals surface area contributed by atoms with Crippen molar-refractivity contribution in [3.63, 3.8) is 0 Å². The van der Waals surface area contributed by atoms with E-state index >= 15 is 0 Å². The number of hydrogen-bond acceptors (Lipinski definition) is 7. The van der Waals surface area contributed by atoms with Crippen molar-refractivity contribution < 1.29 is 18.0 Å². The van der Waals surface area contributed by atoms with E-state index in [4.69, 9.17) is 0 Å². The van der Waals surface area contributed by atoms with Gasteiger partial charge in [-0.05, 0) is 25.6 Å². The van der Waals surface area contributed by atoms with Gasteiger partial charge < -0.3 is 15.1 Å². The van der Waals surface area contributed by atoms with E-state index in [1.54, 1.807) is 17.0 Å². The number of likely N-dealkylation sites (N-methyl/N-ethyl adjacent to an activating group) is 1. The quantitative estimate of drug-likeness (QED) is 0.740. The van der Waals surface area contributed by atoms with Gasteiger partial charge in [-0.15, -0.1) is 0 Å². The van der Waals surface area contributed by atoms with Crippen molar-refractivity contribution >= 4 is 22.6 Å². The zero-order chi connectivity index (χ0) is 23.6. The molecular weight excluding hydrogens is 435 g/mol. The van der Waals surface area contributed by atoms with Gasteiger partial charge in [0.25, 0.3) is 0 Å². The summed E-state index contributed by atoms with van der Waals surface area (Å²) in [5.74, 6) is -1.86. The van der Waals surface area contributed by atoms with E-state index in [1.165, 1.54) is 12.4 Å². The highest BCUT2D eigenvalue weighted by atomic mass is 19.4. The van der Waals surface area contributed by atoms with Gasteiger partial charge in [0.05, 0.1) is 23.7 Å². The Bertz CT molecular complexity index is 1050. The van der Waals surface area contributed by atoms with Gasteiger partial charge in [0.15, 0.2) is 0 Å². The van der Waals surface area contributed by atoms with Crippen LogP contribution in [0.3, 0.4) is 0 Å². The number of nitriles is 1. The number of aromatic nitrogens is 2. The van der Waals surface area contributed by atoms with E-state index in [0.717, 1.165) is 26.2 Å². The molecule has 176 valence electrons. The second kappa shape index (κ2) is 9.49. The fourth-order valence-electron chi connectivity index (χ4n) is 4.51. The van der Waals surface area contributed by atoms with Crippen molar-refractivity contribution in [3.8, 4) is 6.07 Å². The predicted octanol–water partition coefficient (Wildman–Crippen LogP) is 1.62. The van der Waals surface area contributed by atoms with Gasteiger partial charge in [-0.3, -0.25) is 19.7 Å². The molecule has 8 nitrogen and oxygen atoms in total. The number of piperidine rings is 1. The van der Waals surface area contributed by atoms with Gasteiger partial charge in [0.1, 0.15) is 17.1 Å². The van der Waals surface area contributed by atoms with Gasteiger partial charge in [0.2, 0.25) is 5.91 Å². The Kier molecular flexibility index (Phi) is 6.67. The van der Waals surface area contributed by atoms with E-state index in [2.05, 4.69) is 20.2 Å². The topological polar surface area (TPSA) is 88.4 Å². The molecular formula is C22H26F3N7O. The third-order valence-corrected chi connectivity index (χ3v) is 6.31. The Morgan fingerprint density at radius 1 is 1.15 bits per heavy atom. The number of carbonyl (C=O) groups is 1. The molecule has 1 amide bonds. The number of carbonyl (C=O) groups excluding carboxylic acids is 1. The lowest BCUT2D eigenvalue weighted by Crippen LogP contribution is -2.56. The number of amides is 1. The SMILES string of the molecule is CN1CCN(CC(=O)N[C@@H]2C[C@H](C(F)(F)F)CN(c3ccc(C#N)c4nccnc34)C2)CC1. The zero-order valence-corrected chi connectivity index (χ0v) is 18.3. The summed E-state index contributed by atoms with van der Waals surface area (Å²) in [6, 6.07) is 4.54. The Morgan fingerprint density at radius 3 is 2.52 bits per heavy atom. The molecule has 1 N–H and O–H groups in total. The third kappa shape index (κ3) is 5.34. The Labute approximate surface area is 190 Å². The Hall–Kier alpha value is -2.97. The largest absolute Gasteiger partial charge is 0.393 e. The maximum absolute atomic E-state index is 13.8. The Balaban J connectivity index is 1.54. The number of halogens is 3. The molecule has 3 heterocycles. The molecule has 4 rings (SSSR count). The standard InChI is InChI=1S/C22H26F3N7O/c1-30-6-8-31(9-7-30)14-19(33)29-17-10-16(22(23,24)25)12-32(13-17)18-3-2-15(11-26)20-21(18)28-5-4-27-20/h2-5,16-17H,6-10,12-14H2,1H3,(H,29,33)/t16-,17+/m0/s1. The lowest BCUT2D eigenvalue weighted by atomic mass is 9.92. The number of alkyl halides is 3. The summed E-state index contributed by atoms with van der Waals surface area (Å²) in [7, 11) is 2.02. The molecule has 1 aromatic heterocycles. The zero-order valence-electron chi connectivity index (χ0n) is 18.3. The normalized spacial score (nSPS) is 22.8. The molecule has 33 heavy (non-hydrogen) atoms. The van der Waals surface area contributed by atoms with Crippen LogP contribution >= 0.6 is 0 Å². The van der Waals surface area contributed by atoms with Crippen LogP contribution in [0.5, 0.6) is 0 Å². The first-order chi connectivity index (χ1) is 15.7. The average molecular weight is 461 g/mol. The van der Waals surface area contributed by atoms with Crippen LogP contribution in [0.4, 0.5) is 18.9 Å². The molecule has 11 heteroatoms. The molecule has 0 aliphatic carbocycles. The van der Waals surface area contributed by atoms with Crippen LogP contribution in [0.15, 0.2) is 24.5 Å². The summed E-state index contributed by atoms with van der Waals surface area (Å²) in [6.45, 7) is 3.36. The average Bonchev–Trinajstić information content (AvgIpc) is 2.79. The number of hydrogen-bond donors (Lipinski definition) is 1. The minimum atomic E-state index is -4.40. The molecule has 0 saturated carbocycles. The predicted molar refractivity (Wildman–Crippen MR) is 116 cm³/mol. The van der Waals surface area contributed by atoms with Gasteiger partial charge >= 0.3 is 6.18 Å². The molecule has 2 fully saturated rings. The van der Waals surface area contributed by atoms with Crippen LogP contribution in [-0.2, 0) is 4.79 Å². The highest BCUT2D eigenvalue weighted by Crippen LogP contribution is 2.36. The van der Waals surface area contributed by atoms with Crippen LogP contribution in [0.1, 0.15) is 12.0 Å². The summed E-state index contributed by atoms with van der Waals surface area (Å²) < 4.78 is 41.3. The van der Waals surface area contributed by atoms with Crippen LogP contribution < -0.4 is 10.2 Å². The lowest BCUT2D eigenvalue weighted by molar-refractivity contribution is -0.178. The summed E-state index contributed by atoms with van der Waals surface area (Å²) in [5.41, 5.74) is 1.51. The van der Waals surface area contributed by atoms with Crippen LogP contribution in [0, 0.1) is 17.2 Å². The minimum absolute atomic E-state index is 0.172. The summed E-state index contributed by atoms with van der Waals surface area (Å²) in [4.78, 5) is 26.9. The van der Waals surface area contributed by atoms with Gasteiger partial charge in [-0.25, -0.2) is 0 Å². The molecule has 0 unspecified atom stereocenters. The Morgan fingerprint density at radius 2 is 1.85 bits per heavy atom. The molecule has 2 aromatic rings. The third-order valence-electron chi connectivity index (χ3n) is 6.31. The van der Waals surface area contributed by atoms with Crippen molar-refractivity contribution in [2.24, 2.45) is 5.92 Å². The number of rotatable bonds is 4. The van der Waals surface area contributed by atoms with E-state index in [1.807, 2.05) is 18.0 Å². The van der Waals surface area contributed by atoms with Crippen molar-refractivity contribution in [2.45, 2.75) is 18.6 Å². The first-order valence-corrected chi connectivity index (χ1v) is 10.9. The molecule has 0 bridgehead atoms. The van der Waals surface area contributed by atoms with Crippen LogP contribution in [-0.4, -0.2) is 90.8 Å².